The molecule has 0 unspecified atom stereocenters. The van der Waals surface area contributed by atoms with E-state index >= 15 is 0 Å². The Balaban J connectivity index is 1.50. The SMILES string of the molecule is BrCCCc1ccc(OCCCCOC2CCCCC2)cc1. The summed E-state index contributed by atoms with van der Waals surface area (Å²) in [5.74, 6) is 0.982. The van der Waals surface area contributed by atoms with E-state index in [0.717, 1.165) is 43.6 Å². The Morgan fingerprint density at radius 1 is 0.909 bits per heavy atom. The molecular weight excluding hydrogens is 340 g/mol. The fourth-order valence-electron chi connectivity index (χ4n) is 2.90. The fourth-order valence-corrected chi connectivity index (χ4v) is 3.18. The third kappa shape index (κ3) is 7.15. The molecule has 1 saturated carbocycles. The smallest absolute Gasteiger partial charge is 0.119 e. The molecule has 0 aromatic heterocycles. The molecule has 1 aromatic carbocycles. The van der Waals surface area contributed by atoms with Crippen molar-refractivity contribution in [3.8, 4) is 5.75 Å². The molecule has 0 radical (unpaired) electrons. The maximum atomic E-state index is 5.93. The molecule has 0 aliphatic heterocycles. The molecular formula is C19H29BrO2. The van der Waals surface area contributed by atoms with Crippen LogP contribution >= 0.6 is 15.9 Å². The Labute approximate surface area is 143 Å². The third-order valence-corrected chi connectivity index (χ3v) is 4.80. The van der Waals surface area contributed by atoms with E-state index in [4.69, 9.17) is 9.47 Å². The van der Waals surface area contributed by atoms with Crippen LogP contribution in [0.2, 0.25) is 0 Å². The summed E-state index contributed by atoms with van der Waals surface area (Å²) >= 11 is 3.47. The summed E-state index contributed by atoms with van der Waals surface area (Å²) in [6.45, 7) is 1.67. The molecule has 124 valence electrons. The number of hydrogen-bond acceptors (Lipinski definition) is 2. The zero-order valence-electron chi connectivity index (χ0n) is 13.6. The topological polar surface area (TPSA) is 18.5 Å². The third-order valence-electron chi connectivity index (χ3n) is 4.24. The van der Waals surface area contributed by atoms with E-state index in [-0.39, 0.29) is 0 Å². The first-order valence-corrected chi connectivity index (χ1v) is 9.90. The Morgan fingerprint density at radius 3 is 2.36 bits per heavy atom. The predicted molar refractivity (Wildman–Crippen MR) is 96.1 cm³/mol. The zero-order chi connectivity index (χ0) is 15.5. The number of halogens is 1. The van der Waals surface area contributed by atoms with Crippen molar-refractivity contribution in [2.75, 3.05) is 18.5 Å². The van der Waals surface area contributed by atoms with E-state index in [2.05, 4.69) is 40.2 Å². The first kappa shape index (κ1) is 17.8. The number of ether oxygens (including phenoxy) is 2. The highest BCUT2D eigenvalue weighted by atomic mass is 79.9. The van der Waals surface area contributed by atoms with Crippen LogP contribution in [-0.4, -0.2) is 24.6 Å². The van der Waals surface area contributed by atoms with Gasteiger partial charge in [0.25, 0.3) is 0 Å². The minimum absolute atomic E-state index is 0.529. The van der Waals surface area contributed by atoms with Gasteiger partial charge in [-0.3, -0.25) is 0 Å². The molecule has 0 spiro atoms. The molecule has 1 fully saturated rings. The van der Waals surface area contributed by atoms with Gasteiger partial charge in [0, 0.05) is 11.9 Å². The lowest BCUT2D eigenvalue weighted by Gasteiger charge is -2.21. The molecule has 2 nitrogen and oxygen atoms in total. The zero-order valence-corrected chi connectivity index (χ0v) is 15.2. The number of alkyl halides is 1. The van der Waals surface area contributed by atoms with Gasteiger partial charge in [0.2, 0.25) is 0 Å². The summed E-state index contributed by atoms with van der Waals surface area (Å²) in [6.07, 6.45) is 11.6. The minimum Gasteiger partial charge on any atom is -0.494 e. The standard InChI is InChI=1S/C19H29BrO2/c20-14-6-7-17-10-12-19(13-11-17)22-16-5-4-15-21-18-8-2-1-3-9-18/h10-13,18H,1-9,14-16H2. The molecule has 1 aliphatic carbocycles. The normalized spacial score (nSPS) is 15.9. The highest BCUT2D eigenvalue weighted by Crippen LogP contribution is 2.20. The molecule has 1 aromatic rings. The summed E-state index contributed by atoms with van der Waals surface area (Å²) in [7, 11) is 0. The van der Waals surface area contributed by atoms with Crippen LogP contribution in [0.3, 0.4) is 0 Å². The summed E-state index contributed by atoms with van der Waals surface area (Å²) in [5, 5.41) is 1.06. The van der Waals surface area contributed by atoms with Crippen LogP contribution in [0.25, 0.3) is 0 Å². The van der Waals surface area contributed by atoms with E-state index in [1.165, 1.54) is 44.1 Å². The Hall–Kier alpha value is -0.540. The lowest BCUT2D eigenvalue weighted by Crippen LogP contribution is -2.17. The van der Waals surface area contributed by atoms with E-state index in [1.807, 2.05) is 0 Å². The number of rotatable bonds is 10. The Morgan fingerprint density at radius 2 is 1.64 bits per heavy atom. The predicted octanol–water partition coefficient (Wildman–Crippen LogP) is 5.52. The molecule has 0 atom stereocenters. The van der Waals surface area contributed by atoms with Gasteiger partial charge in [-0.1, -0.05) is 47.3 Å². The van der Waals surface area contributed by atoms with Crippen molar-refractivity contribution in [1.82, 2.24) is 0 Å². The van der Waals surface area contributed by atoms with Crippen LogP contribution in [0.5, 0.6) is 5.75 Å². The first-order valence-electron chi connectivity index (χ1n) is 8.78. The largest absolute Gasteiger partial charge is 0.494 e. The van der Waals surface area contributed by atoms with Crippen LogP contribution in [0, 0.1) is 0 Å². The maximum absolute atomic E-state index is 5.93. The lowest BCUT2D eigenvalue weighted by atomic mass is 9.98. The van der Waals surface area contributed by atoms with Gasteiger partial charge in [-0.05, 0) is 56.2 Å². The highest BCUT2D eigenvalue weighted by molar-refractivity contribution is 9.09. The van der Waals surface area contributed by atoms with Gasteiger partial charge >= 0.3 is 0 Å². The van der Waals surface area contributed by atoms with Crippen molar-refractivity contribution in [1.29, 1.82) is 0 Å². The van der Waals surface area contributed by atoms with Crippen LogP contribution in [-0.2, 0) is 11.2 Å². The van der Waals surface area contributed by atoms with E-state index < -0.39 is 0 Å². The molecule has 0 N–H and O–H groups in total. The number of aryl methyl sites for hydroxylation is 1. The van der Waals surface area contributed by atoms with E-state index in [1.54, 1.807) is 0 Å². The molecule has 0 bridgehead atoms. The fraction of sp³-hybridized carbons (Fsp3) is 0.684. The van der Waals surface area contributed by atoms with Crippen molar-refractivity contribution in [3.63, 3.8) is 0 Å². The van der Waals surface area contributed by atoms with E-state index in [0.29, 0.717) is 6.10 Å². The first-order chi connectivity index (χ1) is 10.9. The summed E-state index contributed by atoms with van der Waals surface area (Å²) < 4.78 is 11.7. The molecule has 2 rings (SSSR count). The summed E-state index contributed by atoms with van der Waals surface area (Å²) in [6, 6.07) is 8.51. The molecule has 22 heavy (non-hydrogen) atoms. The second kappa shape index (κ2) is 11.1. The second-order valence-electron chi connectivity index (χ2n) is 6.12. The minimum atomic E-state index is 0.529. The van der Waals surface area contributed by atoms with Crippen molar-refractivity contribution in [2.45, 2.75) is 63.9 Å². The molecule has 1 aliphatic rings. The molecule has 3 heteroatoms. The quantitative estimate of drug-likeness (QED) is 0.399. The van der Waals surface area contributed by atoms with Crippen molar-refractivity contribution in [3.05, 3.63) is 29.8 Å². The number of benzene rings is 1. The monoisotopic (exact) mass is 368 g/mol. The average molecular weight is 369 g/mol. The van der Waals surface area contributed by atoms with Gasteiger partial charge in [-0.15, -0.1) is 0 Å². The van der Waals surface area contributed by atoms with Gasteiger partial charge < -0.3 is 9.47 Å². The molecule has 0 saturated heterocycles. The number of hydrogen-bond donors (Lipinski definition) is 0. The lowest BCUT2D eigenvalue weighted by molar-refractivity contribution is 0.0253. The maximum Gasteiger partial charge on any atom is 0.119 e. The van der Waals surface area contributed by atoms with Gasteiger partial charge in [0.1, 0.15) is 5.75 Å². The van der Waals surface area contributed by atoms with Gasteiger partial charge in [-0.25, -0.2) is 0 Å². The molecule has 0 heterocycles. The summed E-state index contributed by atoms with van der Waals surface area (Å²) in [5.41, 5.74) is 1.38. The van der Waals surface area contributed by atoms with Crippen molar-refractivity contribution >= 4 is 15.9 Å². The Kier molecular flexibility index (Phi) is 8.96. The van der Waals surface area contributed by atoms with Gasteiger partial charge in [-0.2, -0.15) is 0 Å². The van der Waals surface area contributed by atoms with Crippen LogP contribution < -0.4 is 4.74 Å². The van der Waals surface area contributed by atoms with Gasteiger partial charge in [0.05, 0.1) is 12.7 Å². The van der Waals surface area contributed by atoms with Crippen molar-refractivity contribution < 1.29 is 9.47 Å². The average Bonchev–Trinajstić information content (AvgIpc) is 2.58. The Bertz CT molecular complexity index is 385. The second-order valence-corrected chi connectivity index (χ2v) is 6.92. The van der Waals surface area contributed by atoms with Crippen LogP contribution in [0.4, 0.5) is 0 Å². The molecule has 0 amide bonds. The summed E-state index contributed by atoms with van der Waals surface area (Å²) in [4.78, 5) is 0. The number of unbranched alkanes of at least 4 members (excludes halogenated alkanes) is 1. The van der Waals surface area contributed by atoms with Crippen LogP contribution in [0.15, 0.2) is 24.3 Å². The van der Waals surface area contributed by atoms with Crippen molar-refractivity contribution in [2.24, 2.45) is 0 Å². The van der Waals surface area contributed by atoms with Crippen LogP contribution in [0.1, 0.15) is 56.9 Å². The highest BCUT2D eigenvalue weighted by Gasteiger charge is 2.12. The van der Waals surface area contributed by atoms with E-state index in [9.17, 15) is 0 Å². The van der Waals surface area contributed by atoms with Gasteiger partial charge in [0.15, 0.2) is 0 Å².